The van der Waals surface area contributed by atoms with Crippen molar-refractivity contribution >= 4 is 29.0 Å². The number of rotatable bonds is 12. The molecule has 1 aliphatic heterocycles. The van der Waals surface area contributed by atoms with Gasteiger partial charge in [0.25, 0.3) is 5.69 Å². The number of carbonyl (C=O) groups excluding carboxylic acids is 1. The van der Waals surface area contributed by atoms with E-state index in [0.717, 1.165) is 31.7 Å². The first-order chi connectivity index (χ1) is 19.4. The van der Waals surface area contributed by atoms with Crippen LogP contribution >= 0.6 is 0 Å². The second-order valence-electron chi connectivity index (χ2n) is 9.09. The normalized spacial score (nSPS) is 14.7. The Morgan fingerprint density at radius 3 is 2.52 bits per heavy atom. The third kappa shape index (κ3) is 8.25. The molecule has 1 fully saturated rings. The number of nitrogens with zero attached hydrogens (tertiary/aromatic N) is 6. The lowest BCUT2D eigenvalue weighted by Crippen LogP contribution is -2.45. The lowest BCUT2D eigenvalue weighted by molar-refractivity contribution is -0.384. The fourth-order valence-corrected chi connectivity index (χ4v) is 4.04. The number of carbonyl (C=O) groups is 1. The van der Waals surface area contributed by atoms with Crippen molar-refractivity contribution in [2.45, 2.75) is 31.9 Å². The molecule has 0 bridgehead atoms. The van der Waals surface area contributed by atoms with Crippen LogP contribution in [0.3, 0.4) is 0 Å². The maximum absolute atomic E-state index is 11.8. The number of nitro groups is 1. The van der Waals surface area contributed by atoms with Crippen LogP contribution in [0.4, 0.5) is 23.0 Å². The Hall–Kier alpha value is -4.49. The quantitative estimate of drug-likeness (QED) is 0.146. The summed E-state index contributed by atoms with van der Waals surface area (Å²) in [5.74, 6) is 1.29. The topological polar surface area (TPSA) is 165 Å². The van der Waals surface area contributed by atoms with Gasteiger partial charge in [0.15, 0.2) is 5.82 Å². The second kappa shape index (κ2) is 14.1. The number of non-ortho nitro benzene ring substituents is 1. The predicted octanol–water partition coefficient (Wildman–Crippen LogP) is 3.98. The molecule has 0 aliphatic carbocycles. The highest BCUT2D eigenvalue weighted by Crippen LogP contribution is 2.22. The van der Waals surface area contributed by atoms with E-state index in [1.165, 1.54) is 30.5 Å². The van der Waals surface area contributed by atoms with Crippen LogP contribution in [0.25, 0.3) is 0 Å². The number of nitrogens with one attached hydrogen (secondary N) is 1. The smallest absolute Gasteiger partial charge is 0.339 e. The van der Waals surface area contributed by atoms with Crippen molar-refractivity contribution in [2.75, 3.05) is 37.7 Å². The van der Waals surface area contributed by atoms with Gasteiger partial charge in [-0.05, 0) is 56.2 Å². The van der Waals surface area contributed by atoms with Gasteiger partial charge >= 0.3 is 5.97 Å². The molecule has 0 spiro atoms. The Morgan fingerprint density at radius 2 is 1.90 bits per heavy atom. The van der Waals surface area contributed by atoms with Crippen LogP contribution in [-0.4, -0.2) is 71.0 Å². The van der Waals surface area contributed by atoms with Gasteiger partial charge < -0.3 is 24.8 Å². The zero-order valence-electron chi connectivity index (χ0n) is 22.0. The van der Waals surface area contributed by atoms with Gasteiger partial charge in [0, 0.05) is 44.0 Å². The van der Waals surface area contributed by atoms with E-state index < -0.39 is 11.0 Å². The van der Waals surface area contributed by atoms with E-state index in [1.807, 2.05) is 6.07 Å². The Morgan fingerprint density at radius 1 is 1.12 bits per heavy atom. The molecule has 3 aromatic rings. The van der Waals surface area contributed by atoms with Crippen LogP contribution in [0.5, 0.6) is 5.75 Å². The highest BCUT2D eigenvalue weighted by atomic mass is 16.6. The van der Waals surface area contributed by atoms with E-state index in [0.29, 0.717) is 36.0 Å². The van der Waals surface area contributed by atoms with Crippen LogP contribution in [0, 0.1) is 10.1 Å². The summed E-state index contributed by atoms with van der Waals surface area (Å²) in [4.78, 5) is 32.8. The standard InChI is InChI=1S/C27H31N7O6/c1-2-39-27(36)19-3-10-26(30-15-19)33-13-11-20(12-14-33)28-16-23(35)18-40-24-8-9-25(29-17-24)32-31-21-4-6-22(7-5-21)34(37)38/h3-10,15,17,20,23,28,35H,2,11-14,16,18H2,1H3. The van der Waals surface area contributed by atoms with Crippen molar-refractivity contribution in [3.63, 3.8) is 0 Å². The van der Waals surface area contributed by atoms with Crippen LogP contribution in [-0.2, 0) is 4.74 Å². The van der Waals surface area contributed by atoms with Crippen LogP contribution in [0.2, 0.25) is 0 Å². The average molecular weight is 550 g/mol. The van der Waals surface area contributed by atoms with Crippen LogP contribution in [0.15, 0.2) is 71.2 Å². The minimum Gasteiger partial charge on any atom is -0.489 e. The van der Waals surface area contributed by atoms with Gasteiger partial charge in [0.1, 0.15) is 24.3 Å². The number of piperidine rings is 1. The summed E-state index contributed by atoms with van der Waals surface area (Å²) in [7, 11) is 0. The molecule has 40 heavy (non-hydrogen) atoms. The number of pyridine rings is 2. The Labute approximate surface area is 231 Å². The lowest BCUT2D eigenvalue weighted by atomic mass is 10.0. The maximum atomic E-state index is 11.8. The number of aromatic nitrogens is 2. The zero-order chi connectivity index (χ0) is 28.3. The Kier molecular flexibility index (Phi) is 10.0. The number of azo groups is 1. The van der Waals surface area contributed by atoms with E-state index in [2.05, 4.69) is 30.4 Å². The van der Waals surface area contributed by atoms with Crippen molar-refractivity contribution in [3.8, 4) is 5.75 Å². The third-order valence-electron chi connectivity index (χ3n) is 6.21. The molecule has 0 amide bonds. The van der Waals surface area contributed by atoms with Crippen molar-refractivity contribution < 1.29 is 24.3 Å². The molecule has 1 aliphatic rings. The molecule has 1 saturated heterocycles. The molecule has 2 N–H and O–H groups in total. The lowest BCUT2D eigenvalue weighted by Gasteiger charge is -2.33. The average Bonchev–Trinajstić information content (AvgIpc) is 2.99. The summed E-state index contributed by atoms with van der Waals surface area (Å²) in [6.45, 7) is 4.23. The van der Waals surface area contributed by atoms with Crippen LogP contribution in [0.1, 0.15) is 30.1 Å². The highest BCUT2D eigenvalue weighted by molar-refractivity contribution is 5.89. The summed E-state index contributed by atoms with van der Waals surface area (Å²) in [5.41, 5.74) is 0.890. The van der Waals surface area contributed by atoms with E-state index in [9.17, 15) is 20.0 Å². The van der Waals surface area contributed by atoms with Gasteiger partial charge in [-0.3, -0.25) is 10.1 Å². The van der Waals surface area contributed by atoms with Crippen LogP contribution < -0.4 is 15.0 Å². The Balaban J connectivity index is 1.14. The first kappa shape index (κ1) is 28.5. The fourth-order valence-electron chi connectivity index (χ4n) is 4.04. The number of anilines is 1. The minimum absolute atomic E-state index is 0.0185. The third-order valence-corrected chi connectivity index (χ3v) is 6.21. The summed E-state index contributed by atoms with van der Waals surface area (Å²) in [6.07, 6.45) is 4.14. The molecular formula is C27H31N7O6. The van der Waals surface area contributed by atoms with E-state index in [-0.39, 0.29) is 24.3 Å². The monoisotopic (exact) mass is 549 g/mol. The summed E-state index contributed by atoms with van der Waals surface area (Å²) >= 11 is 0. The molecule has 3 heterocycles. The van der Waals surface area contributed by atoms with E-state index in [1.54, 1.807) is 31.3 Å². The molecular weight excluding hydrogens is 518 g/mol. The van der Waals surface area contributed by atoms with Crippen molar-refractivity contribution in [2.24, 2.45) is 10.2 Å². The first-order valence-electron chi connectivity index (χ1n) is 13.0. The molecule has 210 valence electrons. The van der Waals surface area contributed by atoms with Gasteiger partial charge in [-0.25, -0.2) is 14.8 Å². The van der Waals surface area contributed by atoms with Gasteiger partial charge in [0.05, 0.1) is 29.0 Å². The highest BCUT2D eigenvalue weighted by Gasteiger charge is 2.21. The maximum Gasteiger partial charge on any atom is 0.339 e. The van der Waals surface area contributed by atoms with Gasteiger partial charge in [-0.2, -0.15) is 0 Å². The molecule has 13 nitrogen and oxygen atoms in total. The number of aliphatic hydroxyl groups is 1. The Bertz CT molecular complexity index is 1280. The van der Waals surface area contributed by atoms with Crippen molar-refractivity contribution in [1.29, 1.82) is 0 Å². The molecule has 4 rings (SSSR count). The summed E-state index contributed by atoms with van der Waals surface area (Å²) in [6, 6.07) is 12.9. The summed E-state index contributed by atoms with van der Waals surface area (Å²) in [5, 5.41) is 32.5. The van der Waals surface area contributed by atoms with Gasteiger partial charge in [-0.1, -0.05) is 0 Å². The van der Waals surface area contributed by atoms with Crippen molar-refractivity contribution in [1.82, 2.24) is 15.3 Å². The molecule has 1 unspecified atom stereocenters. The van der Waals surface area contributed by atoms with Crippen molar-refractivity contribution in [3.05, 3.63) is 76.6 Å². The SMILES string of the molecule is CCOC(=O)c1ccc(N2CCC(NCC(O)COc3ccc(N=Nc4ccc([N+](=O)[O-])cc4)nc3)CC2)nc1. The molecule has 0 saturated carbocycles. The number of hydrogen-bond acceptors (Lipinski definition) is 12. The number of esters is 1. The molecule has 2 aromatic heterocycles. The number of nitro benzene ring substituents is 1. The molecule has 1 atom stereocenters. The fraction of sp³-hybridized carbons (Fsp3) is 0.370. The second-order valence-corrected chi connectivity index (χ2v) is 9.09. The number of ether oxygens (including phenoxy) is 2. The van der Waals surface area contributed by atoms with E-state index >= 15 is 0 Å². The predicted molar refractivity (Wildman–Crippen MR) is 146 cm³/mol. The molecule has 13 heteroatoms. The summed E-state index contributed by atoms with van der Waals surface area (Å²) < 4.78 is 10.6. The largest absolute Gasteiger partial charge is 0.489 e. The number of aliphatic hydroxyl groups excluding tert-OH is 1. The van der Waals surface area contributed by atoms with Gasteiger partial charge in [-0.15, -0.1) is 10.2 Å². The number of benzene rings is 1. The minimum atomic E-state index is -0.698. The zero-order valence-corrected chi connectivity index (χ0v) is 22.0. The number of hydrogen-bond donors (Lipinski definition) is 2. The first-order valence-corrected chi connectivity index (χ1v) is 13.0. The van der Waals surface area contributed by atoms with Gasteiger partial charge in [0.2, 0.25) is 0 Å². The molecule has 0 radical (unpaired) electrons. The molecule has 1 aromatic carbocycles. The van der Waals surface area contributed by atoms with E-state index in [4.69, 9.17) is 9.47 Å².